The van der Waals surface area contributed by atoms with Crippen molar-refractivity contribution < 1.29 is 19.8 Å². The third kappa shape index (κ3) is 3.55. The molecule has 0 saturated carbocycles. The number of benzene rings is 2. The van der Waals surface area contributed by atoms with Gasteiger partial charge < -0.3 is 14.8 Å². The van der Waals surface area contributed by atoms with E-state index in [9.17, 15) is 19.8 Å². The fourth-order valence-electron chi connectivity index (χ4n) is 4.77. The normalized spacial score (nSPS) is 18.2. The first-order valence-corrected chi connectivity index (χ1v) is 11.4. The average Bonchev–Trinajstić information content (AvgIpc) is 3.35. The lowest BCUT2D eigenvalue weighted by Crippen LogP contribution is -2.40. The molecule has 5 rings (SSSR count). The van der Waals surface area contributed by atoms with Crippen molar-refractivity contribution in [3.8, 4) is 0 Å². The van der Waals surface area contributed by atoms with E-state index >= 15 is 0 Å². The predicted molar refractivity (Wildman–Crippen MR) is 123 cm³/mol. The van der Waals surface area contributed by atoms with Gasteiger partial charge in [0.1, 0.15) is 6.04 Å². The van der Waals surface area contributed by atoms with E-state index in [0.29, 0.717) is 24.0 Å². The molecule has 0 unspecified atom stereocenters. The number of aryl methyl sites for hydroxylation is 1. The van der Waals surface area contributed by atoms with E-state index < -0.39 is 18.0 Å². The van der Waals surface area contributed by atoms with Crippen LogP contribution in [0.4, 0.5) is 0 Å². The Labute approximate surface area is 188 Å². The van der Waals surface area contributed by atoms with Crippen LogP contribution in [0.5, 0.6) is 0 Å². The summed E-state index contributed by atoms with van der Waals surface area (Å²) in [5.41, 5.74) is 2.58. The second-order valence-electron chi connectivity index (χ2n) is 8.33. The van der Waals surface area contributed by atoms with Crippen LogP contribution in [0, 0.1) is 0 Å². The maximum absolute atomic E-state index is 12.5. The number of para-hydroxylation sites is 1. The van der Waals surface area contributed by atoms with Crippen LogP contribution in [0.25, 0.3) is 21.1 Å². The molecule has 0 amide bonds. The van der Waals surface area contributed by atoms with E-state index in [-0.39, 0.29) is 11.5 Å². The number of rotatable bonds is 5. The van der Waals surface area contributed by atoms with Gasteiger partial charge in [0.05, 0.1) is 20.8 Å². The number of carboxylic acid groups (broad SMARTS) is 2. The summed E-state index contributed by atoms with van der Waals surface area (Å²) in [5, 5.41) is 21.4. The number of likely N-dealkylation sites (tertiary alicyclic amines) is 1. The zero-order chi connectivity index (χ0) is 22.4. The van der Waals surface area contributed by atoms with E-state index in [1.54, 1.807) is 29.5 Å². The molecule has 1 aliphatic heterocycles. The number of thiazole rings is 1. The molecule has 2 aromatic carbocycles. The summed E-state index contributed by atoms with van der Waals surface area (Å²) in [6.45, 7) is 1.28. The minimum atomic E-state index is -1.03. The molecule has 2 atom stereocenters. The fraction of sp³-hybridized carbons (Fsp3) is 0.292. The molecule has 0 aliphatic carbocycles. The first-order valence-electron chi connectivity index (χ1n) is 10.6. The molecule has 3 heterocycles. The zero-order valence-corrected chi connectivity index (χ0v) is 18.4. The van der Waals surface area contributed by atoms with Gasteiger partial charge in [-0.15, -0.1) is 11.3 Å². The highest BCUT2D eigenvalue weighted by atomic mass is 32.1. The lowest BCUT2D eigenvalue weighted by Gasteiger charge is -2.35. The van der Waals surface area contributed by atoms with Crippen molar-refractivity contribution in [1.29, 1.82) is 0 Å². The summed E-state index contributed by atoms with van der Waals surface area (Å²) in [4.78, 5) is 30.8. The minimum absolute atomic E-state index is 0.153. The Morgan fingerprint density at radius 1 is 1.19 bits per heavy atom. The van der Waals surface area contributed by atoms with Crippen LogP contribution >= 0.6 is 11.3 Å². The molecular weight excluding hydrogens is 426 g/mol. The molecular formula is C24H23N3O4S. The predicted octanol–water partition coefficient (Wildman–Crippen LogP) is 4.49. The van der Waals surface area contributed by atoms with Gasteiger partial charge in [-0.3, -0.25) is 9.69 Å². The van der Waals surface area contributed by atoms with Crippen molar-refractivity contribution >= 4 is 44.4 Å². The highest BCUT2D eigenvalue weighted by Crippen LogP contribution is 2.38. The Kier molecular flexibility index (Phi) is 5.19. The monoisotopic (exact) mass is 449 g/mol. The number of nitrogens with zero attached hydrogens (tertiary/aromatic N) is 3. The molecule has 32 heavy (non-hydrogen) atoms. The van der Waals surface area contributed by atoms with Gasteiger partial charge in [0.2, 0.25) is 0 Å². The lowest BCUT2D eigenvalue weighted by molar-refractivity contribution is -0.144. The zero-order valence-electron chi connectivity index (χ0n) is 17.6. The van der Waals surface area contributed by atoms with Crippen molar-refractivity contribution in [2.24, 2.45) is 7.05 Å². The van der Waals surface area contributed by atoms with Gasteiger partial charge in [-0.2, -0.15) is 0 Å². The van der Waals surface area contributed by atoms with Crippen LogP contribution in [0.2, 0.25) is 0 Å². The molecule has 1 fully saturated rings. The van der Waals surface area contributed by atoms with Crippen LogP contribution in [-0.2, 0) is 11.8 Å². The van der Waals surface area contributed by atoms with E-state index in [4.69, 9.17) is 4.98 Å². The Bertz CT molecular complexity index is 1310. The van der Waals surface area contributed by atoms with E-state index in [1.807, 2.05) is 40.9 Å². The number of fused-ring (bicyclic) bond motifs is 2. The number of piperidine rings is 1. The molecule has 4 aromatic rings. The van der Waals surface area contributed by atoms with Crippen LogP contribution in [0.3, 0.4) is 0 Å². The summed E-state index contributed by atoms with van der Waals surface area (Å²) in [6.07, 6.45) is 3.67. The summed E-state index contributed by atoms with van der Waals surface area (Å²) in [6, 6.07) is 12.1. The van der Waals surface area contributed by atoms with Crippen LogP contribution < -0.4 is 0 Å². The van der Waals surface area contributed by atoms with Gasteiger partial charge in [0.25, 0.3) is 0 Å². The Morgan fingerprint density at radius 2 is 2.00 bits per heavy atom. The number of aliphatic carboxylic acids is 1. The maximum Gasteiger partial charge on any atom is 0.335 e. The van der Waals surface area contributed by atoms with E-state index in [1.165, 1.54) is 0 Å². The number of hydrogen-bond donors (Lipinski definition) is 2. The second kappa shape index (κ2) is 8.03. The van der Waals surface area contributed by atoms with Crippen LogP contribution in [-0.4, -0.2) is 49.7 Å². The van der Waals surface area contributed by atoms with E-state index in [2.05, 4.69) is 6.07 Å². The van der Waals surface area contributed by atoms with Gasteiger partial charge in [-0.05, 0) is 49.7 Å². The Hall–Kier alpha value is -3.23. The van der Waals surface area contributed by atoms with Gasteiger partial charge in [-0.1, -0.05) is 12.1 Å². The van der Waals surface area contributed by atoms with Crippen LogP contribution in [0.15, 0.2) is 48.7 Å². The largest absolute Gasteiger partial charge is 0.480 e. The Balaban J connectivity index is 1.52. The third-order valence-corrected chi connectivity index (χ3v) is 7.47. The molecule has 1 saturated heterocycles. The van der Waals surface area contributed by atoms with Gasteiger partial charge >= 0.3 is 11.9 Å². The van der Waals surface area contributed by atoms with Gasteiger partial charge in [0, 0.05) is 42.2 Å². The molecule has 164 valence electrons. The highest BCUT2D eigenvalue weighted by Gasteiger charge is 2.35. The highest BCUT2D eigenvalue weighted by molar-refractivity contribution is 7.18. The Morgan fingerprint density at radius 3 is 2.75 bits per heavy atom. The molecule has 0 bridgehead atoms. The first-order chi connectivity index (χ1) is 15.4. The van der Waals surface area contributed by atoms with Gasteiger partial charge in [0.15, 0.2) is 0 Å². The molecule has 2 N–H and O–H groups in total. The van der Waals surface area contributed by atoms with Crippen molar-refractivity contribution in [2.45, 2.75) is 24.8 Å². The van der Waals surface area contributed by atoms with E-state index in [0.717, 1.165) is 33.6 Å². The second-order valence-corrected chi connectivity index (χ2v) is 9.39. The number of carbonyl (C=O) groups is 2. The number of aromatic carboxylic acids is 1. The molecule has 0 spiro atoms. The average molecular weight is 450 g/mol. The summed E-state index contributed by atoms with van der Waals surface area (Å²) in [5.74, 6) is -1.78. The SMILES string of the molecule is Cn1cc([C@@H](C(=O)O)N2CCC[C@@H](c3nc4ccccc4s3)C2)c2cc(C(=O)O)ccc21. The molecule has 8 heteroatoms. The maximum atomic E-state index is 12.5. The van der Waals surface area contributed by atoms with Crippen molar-refractivity contribution in [3.63, 3.8) is 0 Å². The smallest absolute Gasteiger partial charge is 0.335 e. The van der Waals surface area contributed by atoms with Crippen LogP contribution in [0.1, 0.15) is 45.7 Å². The summed E-state index contributed by atoms with van der Waals surface area (Å²) >= 11 is 1.68. The summed E-state index contributed by atoms with van der Waals surface area (Å²) < 4.78 is 3.01. The van der Waals surface area contributed by atoms with Crippen molar-refractivity contribution in [3.05, 3.63) is 64.8 Å². The summed E-state index contributed by atoms with van der Waals surface area (Å²) in [7, 11) is 1.85. The third-order valence-electron chi connectivity index (χ3n) is 6.27. The first kappa shape index (κ1) is 20.7. The van der Waals surface area contributed by atoms with Crippen molar-refractivity contribution in [1.82, 2.24) is 14.5 Å². The number of aromatic nitrogens is 2. The minimum Gasteiger partial charge on any atom is -0.480 e. The van der Waals surface area contributed by atoms with Crippen molar-refractivity contribution in [2.75, 3.05) is 13.1 Å². The lowest BCUT2D eigenvalue weighted by atomic mass is 9.94. The molecule has 7 nitrogen and oxygen atoms in total. The standard InChI is InChI=1S/C24H23N3O4S/c1-26-13-17(16-11-14(23(28)29)8-9-19(16)26)21(24(30)31)27-10-4-5-15(12-27)22-25-18-6-2-3-7-20(18)32-22/h2-3,6-9,11,13,15,21H,4-5,10,12H2,1H3,(H,28,29)(H,30,31)/t15-,21+/m1/s1. The molecule has 2 aromatic heterocycles. The quantitative estimate of drug-likeness (QED) is 0.466. The van der Waals surface area contributed by atoms with Gasteiger partial charge in [-0.25, -0.2) is 9.78 Å². The number of hydrogen-bond acceptors (Lipinski definition) is 5. The fourth-order valence-corrected chi connectivity index (χ4v) is 5.86. The molecule has 1 aliphatic rings. The topological polar surface area (TPSA) is 95.7 Å². The number of carboxylic acids is 2. The molecule has 0 radical (unpaired) electrons.